The Morgan fingerprint density at radius 2 is 1.96 bits per heavy atom. The van der Waals surface area contributed by atoms with Gasteiger partial charge < -0.3 is 14.6 Å². The van der Waals surface area contributed by atoms with Gasteiger partial charge in [0.2, 0.25) is 0 Å². The number of aromatic hydroxyl groups is 1. The van der Waals surface area contributed by atoms with E-state index in [1.165, 1.54) is 0 Å². The maximum atomic E-state index is 11.2. The Morgan fingerprint density at radius 3 is 2.71 bits per heavy atom. The third-order valence-electron chi connectivity index (χ3n) is 3.55. The lowest BCUT2D eigenvalue weighted by Crippen LogP contribution is -1.99. The minimum atomic E-state index is -0.966. The number of rotatable bonds is 4. The summed E-state index contributed by atoms with van der Waals surface area (Å²) in [6.45, 7) is 1.75. The minimum Gasteiger partial charge on any atom is -0.508 e. The zero-order valence-corrected chi connectivity index (χ0v) is 12.9. The molecule has 2 aromatic carbocycles. The molecule has 5 nitrogen and oxygen atoms in total. The van der Waals surface area contributed by atoms with Crippen LogP contribution in [0, 0.1) is 6.92 Å². The van der Waals surface area contributed by atoms with Crippen molar-refractivity contribution < 1.29 is 19.4 Å². The molecule has 3 aromatic rings. The Morgan fingerprint density at radius 1 is 1.12 bits per heavy atom. The third-order valence-corrected chi connectivity index (χ3v) is 3.55. The van der Waals surface area contributed by atoms with Crippen LogP contribution in [-0.2, 0) is 0 Å². The van der Waals surface area contributed by atoms with Crippen molar-refractivity contribution in [2.75, 3.05) is 0 Å². The van der Waals surface area contributed by atoms with E-state index in [2.05, 4.69) is 4.99 Å². The first-order valence-corrected chi connectivity index (χ1v) is 7.30. The molecule has 5 heteroatoms. The molecule has 0 aliphatic heterocycles. The molecule has 0 radical (unpaired) electrons. The smallest absolute Gasteiger partial charge is 0.335 e. The molecule has 3 rings (SSSR count). The number of carboxylic acid groups (broad SMARTS) is 1. The lowest BCUT2D eigenvalue weighted by Gasteiger charge is -2.03. The van der Waals surface area contributed by atoms with Gasteiger partial charge in [-0.2, -0.15) is 0 Å². The Labute approximate surface area is 138 Å². The minimum absolute atomic E-state index is 0.144. The molecule has 0 aliphatic rings. The number of phenolic OH excluding ortho intramolecular Hbond substituents is 1. The summed E-state index contributed by atoms with van der Waals surface area (Å²) < 4.78 is 5.69. The third kappa shape index (κ3) is 3.35. The van der Waals surface area contributed by atoms with Crippen molar-refractivity contribution in [3.8, 4) is 17.1 Å². The van der Waals surface area contributed by atoms with Crippen LogP contribution in [0.5, 0.6) is 5.75 Å². The van der Waals surface area contributed by atoms with Crippen LogP contribution < -0.4 is 0 Å². The summed E-state index contributed by atoms with van der Waals surface area (Å²) in [7, 11) is 0. The molecule has 0 saturated heterocycles. The van der Waals surface area contributed by atoms with Crippen molar-refractivity contribution in [1.29, 1.82) is 0 Å². The lowest BCUT2D eigenvalue weighted by atomic mass is 10.0. The van der Waals surface area contributed by atoms with Crippen LogP contribution in [0.15, 0.2) is 64.0 Å². The van der Waals surface area contributed by atoms with E-state index >= 15 is 0 Å². The van der Waals surface area contributed by atoms with Crippen molar-refractivity contribution in [3.63, 3.8) is 0 Å². The predicted octanol–water partition coefficient (Wildman–Crippen LogP) is 4.41. The summed E-state index contributed by atoms with van der Waals surface area (Å²) in [5.41, 5.74) is 2.24. The quantitative estimate of drug-likeness (QED) is 0.697. The number of benzene rings is 2. The van der Waals surface area contributed by atoms with Crippen molar-refractivity contribution in [2.45, 2.75) is 6.92 Å². The van der Waals surface area contributed by atoms with Gasteiger partial charge in [0.1, 0.15) is 17.3 Å². The van der Waals surface area contributed by atoms with E-state index < -0.39 is 5.97 Å². The van der Waals surface area contributed by atoms with Crippen molar-refractivity contribution in [3.05, 3.63) is 71.5 Å². The molecule has 2 N–H and O–H groups in total. The largest absolute Gasteiger partial charge is 0.508 e. The number of aryl methyl sites for hydroxylation is 1. The van der Waals surface area contributed by atoms with Crippen LogP contribution in [0.3, 0.4) is 0 Å². The zero-order chi connectivity index (χ0) is 17.1. The molecule has 24 heavy (non-hydrogen) atoms. The summed E-state index contributed by atoms with van der Waals surface area (Å²) in [4.78, 5) is 15.5. The number of hydrogen-bond donors (Lipinski definition) is 2. The number of carbonyl (C=O) groups is 1. The average molecular weight is 321 g/mol. The van der Waals surface area contributed by atoms with E-state index in [9.17, 15) is 15.0 Å². The number of nitrogens with zero attached hydrogens (tertiary/aromatic N) is 1. The van der Waals surface area contributed by atoms with Gasteiger partial charge in [0.25, 0.3) is 0 Å². The van der Waals surface area contributed by atoms with Crippen LogP contribution in [0.2, 0.25) is 0 Å². The molecule has 0 atom stereocenters. The van der Waals surface area contributed by atoms with Crippen LogP contribution >= 0.6 is 0 Å². The van der Waals surface area contributed by atoms with Crippen LogP contribution in [-0.4, -0.2) is 22.4 Å². The molecule has 0 aliphatic carbocycles. The standard InChI is InChI=1S/C19H15NO4/c1-12-5-6-13(9-17(12)19(22)23)18-8-7-16(24-18)11-20-14-3-2-4-15(21)10-14/h2-11,21H,1H3,(H,22,23). The van der Waals surface area contributed by atoms with Gasteiger partial charge in [-0.05, 0) is 42.8 Å². The fraction of sp³-hybridized carbons (Fsp3) is 0.0526. The number of aliphatic imine (C=N–C) groups is 1. The van der Waals surface area contributed by atoms with E-state index in [0.717, 1.165) is 0 Å². The van der Waals surface area contributed by atoms with Crippen LogP contribution in [0.1, 0.15) is 21.7 Å². The van der Waals surface area contributed by atoms with E-state index in [1.54, 1.807) is 61.7 Å². The molecular formula is C19H15NO4. The second-order valence-corrected chi connectivity index (χ2v) is 5.31. The van der Waals surface area contributed by atoms with Gasteiger partial charge in [0.15, 0.2) is 0 Å². The lowest BCUT2D eigenvalue weighted by molar-refractivity contribution is 0.0696. The van der Waals surface area contributed by atoms with Gasteiger partial charge in [-0.3, -0.25) is 4.99 Å². The Bertz CT molecular complexity index is 925. The highest BCUT2D eigenvalue weighted by molar-refractivity contribution is 5.91. The highest BCUT2D eigenvalue weighted by atomic mass is 16.4. The molecule has 0 bridgehead atoms. The van der Waals surface area contributed by atoms with E-state index in [-0.39, 0.29) is 11.3 Å². The van der Waals surface area contributed by atoms with Crippen molar-refractivity contribution >= 4 is 17.9 Å². The number of hydrogen-bond acceptors (Lipinski definition) is 4. The maximum absolute atomic E-state index is 11.2. The van der Waals surface area contributed by atoms with Crippen LogP contribution in [0.25, 0.3) is 11.3 Å². The summed E-state index contributed by atoms with van der Waals surface area (Å²) in [6.07, 6.45) is 1.55. The molecule has 0 saturated carbocycles. The topological polar surface area (TPSA) is 83.0 Å². The number of furan rings is 1. The first kappa shape index (κ1) is 15.6. The summed E-state index contributed by atoms with van der Waals surface area (Å²) in [5.74, 6) is 0.276. The molecule has 0 unspecified atom stereocenters. The average Bonchev–Trinajstić information content (AvgIpc) is 3.02. The predicted molar refractivity (Wildman–Crippen MR) is 91.2 cm³/mol. The van der Waals surface area contributed by atoms with Gasteiger partial charge in [-0.15, -0.1) is 0 Å². The van der Waals surface area contributed by atoms with E-state index in [1.807, 2.05) is 6.07 Å². The first-order valence-electron chi connectivity index (χ1n) is 7.30. The summed E-state index contributed by atoms with van der Waals surface area (Å²) in [5, 5.41) is 18.6. The molecule has 0 fully saturated rings. The Hall–Kier alpha value is -3.34. The van der Waals surface area contributed by atoms with Crippen molar-refractivity contribution in [1.82, 2.24) is 0 Å². The molecular weight excluding hydrogens is 306 g/mol. The Balaban J connectivity index is 1.86. The highest BCUT2D eigenvalue weighted by Crippen LogP contribution is 2.25. The van der Waals surface area contributed by atoms with Crippen molar-refractivity contribution in [2.24, 2.45) is 4.99 Å². The van der Waals surface area contributed by atoms with E-state index in [4.69, 9.17) is 4.42 Å². The molecule has 1 heterocycles. The van der Waals surface area contributed by atoms with Gasteiger partial charge in [0, 0.05) is 11.6 Å². The summed E-state index contributed by atoms with van der Waals surface area (Å²) in [6, 6.07) is 15.3. The van der Waals surface area contributed by atoms with Gasteiger partial charge in [-0.25, -0.2) is 4.79 Å². The second-order valence-electron chi connectivity index (χ2n) is 5.31. The molecule has 0 amide bonds. The fourth-order valence-electron chi connectivity index (χ4n) is 2.29. The fourth-order valence-corrected chi connectivity index (χ4v) is 2.29. The second kappa shape index (κ2) is 6.42. The summed E-state index contributed by atoms with van der Waals surface area (Å²) >= 11 is 0. The number of phenols is 1. The highest BCUT2D eigenvalue weighted by Gasteiger charge is 2.11. The molecule has 1 aromatic heterocycles. The SMILES string of the molecule is Cc1ccc(-c2ccc(C=Nc3cccc(O)c3)o2)cc1C(=O)O. The number of aromatic carboxylic acids is 1. The maximum Gasteiger partial charge on any atom is 0.335 e. The zero-order valence-electron chi connectivity index (χ0n) is 12.9. The number of carboxylic acids is 1. The first-order chi connectivity index (χ1) is 11.5. The van der Waals surface area contributed by atoms with Gasteiger partial charge >= 0.3 is 5.97 Å². The molecule has 0 spiro atoms. The van der Waals surface area contributed by atoms with Gasteiger partial charge in [-0.1, -0.05) is 18.2 Å². The molecule has 120 valence electrons. The van der Waals surface area contributed by atoms with Crippen LogP contribution in [0.4, 0.5) is 5.69 Å². The van der Waals surface area contributed by atoms with E-state index in [0.29, 0.717) is 28.3 Å². The van der Waals surface area contributed by atoms with Gasteiger partial charge in [0.05, 0.1) is 17.5 Å². The monoisotopic (exact) mass is 321 g/mol. The normalized spacial score (nSPS) is 11.0. The Kier molecular flexibility index (Phi) is 4.16.